The number of aromatic nitrogens is 1. The van der Waals surface area contributed by atoms with E-state index >= 15 is 0 Å². The van der Waals surface area contributed by atoms with Gasteiger partial charge in [-0.3, -0.25) is 10.1 Å². The van der Waals surface area contributed by atoms with Crippen LogP contribution in [0.25, 0.3) is 0 Å². The Hall–Kier alpha value is -2.64. The lowest BCUT2D eigenvalue weighted by Crippen LogP contribution is -2.28. The summed E-state index contributed by atoms with van der Waals surface area (Å²) in [5.41, 5.74) is -2.42. The first-order valence-electron chi connectivity index (χ1n) is 7.78. The molecule has 8 heteroatoms. The molecule has 0 N–H and O–H groups in total. The molecule has 4 rings (SSSR count). The average molecular weight is 350 g/mol. The van der Waals surface area contributed by atoms with Crippen molar-refractivity contribution in [2.45, 2.75) is 19.0 Å². The van der Waals surface area contributed by atoms with Gasteiger partial charge in [-0.15, -0.1) is 0 Å². The van der Waals surface area contributed by atoms with Crippen LogP contribution in [0.3, 0.4) is 0 Å². The minimum absolute atomic E-state index is 0.225. The van der Waals surface area contributed by atoms with E-state index in [0.717, 1.165) is 18.9 Å². The van der Waals surface area contributed by atoms with Gasteiger partial charge in [0.2, 0.25) is 5.88 Å². The molecule has 3 aliphatic carbocycles. The average Bonchev–Trinajstić information content (AvgIpc) is 3.07. The van der Waals surface area contributed by atoms with Crippen LogP contribution in [0.2, 0.25) is 0 Å². The molecule has 0 aliphatic heterocycles. The van der Waals surface area contributed by atoms with Crippen LogP contribution in [0.4, 0.5) is 18.9 Å². The number of ether oxygens (including phenoxy) is 1. The van der Waals surface area contributed by atoms with E-state index in [-0.39, 0.29) is 17.3 Å². The molecule has 0 radical (unpaired) electrons. The molecule has 3 unspecified atom stereocenters. The van der Waals surface area contributed by atoms with Crippen LogP contribution >= 0.6 is 0 Å². The molecule has 1 saturated carbocycles. The van der Waals surface area contributed by atoms with Crippen molar-refractivity contribution < 1.29 is 22.8 Å². The molecular formula is C17H13F3N2O3. The quantitative estimate of drug-likeness (QED) is 0.598. The van der Waals surface area contributed by atoms with Crippen molar-refractivity contribution in [2.75, 3.05) is 0 Å². The number of alkyl halides is 3. The molecule has 0 amide bonds. The van der Waals surface area contributed by atoms with Gasteiger partial charge >= 0.3 is 6.18 Å². The van der Waals surface area contributed by atoms with Crippen LogP contribution in [0.5, 0.6) is 5.88 Å². The van der Waals surface area contributed by atoms with Gasteiger partial charge in [-0.1, -0.05) is 24.3 Å². The molecule has 1 aromatic rings. The first kappa shape index (κ1) is 15.9. The van der Waals surface area contributed by atoms with Gasteiger partial charge in [0.1, 0.15) is 5.76 Å². The fraction of sp³-hybridized carbons (Fsp3) is 0.353. The summed E-state index contributed by atoms with van der Waals surface area (Å²) in [5.74, 6) is 0.628. The first-order chi connectivity index (χ1) is 11.8. The molecule has 1 fully saturated rings. The molecule has 5 nitrogen and oxygen atoms in total. The molecule has 2 bridgehead atoms. The van der Waals surface area contributed by atoms with E-state index in [4.69, 9.17) is 4.74 Å². The maximum atomic E-state index is 13.0. The highest BCUT2D eigenvalue weighted by molar-refractivity contribution is 5.41. The highest BCUT2D eigenvalue weighted by Crippen LogP contribution is 2.59. The molecule has 3 atom stereocenters. The number of nitrogens with zero attached hydrogens (tertiary/aromatic N) is 2. The van der Waals surface area contributed by atoms with Crippen molar-refractivity contribution in [2.24, 2.45) is 17.3 Å². The number of rotatable bonds is 3. The van der Waals surface area contributed by atoms with E-state index in [2.05, 4.69) is 11.1 Å². The first-order valence-corrected chi connectivity index (χ1v) is 7.78. The number of hydrogen-bond acceptors (Lipinski definition) is 4. The summed E-state index contributed by atoms with van der Waals surface area (Å²) in [6.45, 7) is 0. The van der Waals surface area contributed by atoms with E-state index in [1.165, 1.54) is 0 Å². The van der Waals surface area contributed by atoms with E-state index in [1.807, 2.05) is 24.3 Å². The number of allylic oxidation sites excluding steroid dienone is 5. The van der Waals surface area contributed by atoms with Crippen LogP contribution in [0.1, 0.15) is 18.5 Å². The van der Waals surface area contributed by atoms with Crippen LogP contribution in [-0.4, -0.2) is 9.91 Å². The van der Waals surface area contributed by atoms with Crippen LogP contribution < -0.4 is 4.74 Å². The predicted octanol–water partition coefficient (Wildman–Crippen LogP) is 4.42. The standard InChI is InChI=1S/C17H13F3N2O3/c18-17(19,20)13-7-12(22(23)24)8-15(21-13)25-14-6-10-5-11-3-1-2-4-16(11,14)9-10/h1-4,6-8,10-11H,5,9H2. The Morgan fingerprint density at radius 3 is 2.84 bits per heavy atom. The van der Waals surface area contributed by atoms with Crippen LogP contribution in [0.15, 0.2) is 48.3 Å². The Morgan fingerprint density at radius 1 is 1.32 bits per heavy atom. The normalized spacial score (nSPS) is 29.5. The van der Waals surface area contributed by atoms with E-state index in [1.54, 1.807) is 0 Å². The summed E-state index contributed by atoms with van der Waals surface area (Å²) < 4.78 is 44.6. The number of nitro groups is 1. The second-order valence-corrected chi connectivity index (χ2v) is 6.53. The monoisotopic (exact) mass is 350 g/mol. The van der Waals surface area contributed by atoms with Crippen molar-refractivity contribution in [1.82, 2.24) is 4.98 Å². The van der Waals surface area contributed by atoms with Crippen molar-refractivity contribution in [3.8, 4) is 5.88 Å². The summed E-state index contributed by atoms with van der Waals surface area (Å²) in [4.78, 5) is 13.5. The number of hydrogen-bond donors (Lipinski definition) is 0. The van der Waals surface area contributed by atoms with Crippen molar-refractivity contribution in [1.29, 1.82) is 0 Å². The van der Waals surface area contributed by atoms with Gasteiger partial charge in [0.05, 0.1) is 16.4 Å². The molecule has 1 spiro atoms. The predicted molar refractivity (Wildman–Crippen MR) is 81.5 cm³/mol. The fourth-order valence-electron chi connectivity index (χ4n) is 3.97. The number of pyridine rings is 1. The van der Waals surface area contributed by atoms with Crippen molar-refractivity contribution >= 4 is 5.69 Å². The largest absolute Gasteiger partial charge is 0.442 e. The van der Waals surface area contributed by atoms with Gasteiger partial charge in [0.15, 0.2) is 5.69 Å². The Balaban J connectivity index is 1.71. The highest BCUT2D eigenvalue weighted by Gasteiger charge is 2.53. The Kier molecular flexibility index (Phi) is 3.28. The molecule has 25 heavy (non-hydrogen) atoms. The maximum Gasteiger partial charge on any atom is 0.433 e. The molecule has 0 aromatic carbocycles. The summed E-state index contributed by atoms with van der Waals surface area (Å²) in [6, 6.07) is 1.34. The maximum absolute atomic E-state index is 13.0. The molecule has 1 heterocycles. The highest BCUT2D eigenvalue weighted by atomic mass is 19.4. The zero-order valence-corrected chi connectivity index (χ0v) is 12.9. The van der Waals surface area contributed by atoms with E-state index < -0.39 is 28.4 Å². The Morgan fingerprint density at radius 2 is 2.12 bits per heavy atom. The van der Waals surface area contributed by atoms with Crippen molar-refractivity contribution in [3.63, 3.8) is 0 Å². The lowest BCUT2D eigenvalue weighted by Gasteiger charge is -2.33. The van der Waals surface area contributed by atoms with Gasteiger partial charge in [-0.25, -0.2) is 4.98 Å². The lowest BCUT2D eigenvalue weighted by atomic mass is 9.74. The number of fused-ring (bicyclic) bond motifs is 1. The Labute approximate surface area is 140 Å². The second kappa shape index (κ2) is 5.18. The molecule has 1 aromatic heterocycles. The van der Waals surface area contributed by atoms with Gasteiger partial charge in [-0.2, -0.15) is 13.2 Å². The summed E-state index contributed by atoms with van der Waals surface area (Å²) in [5, 5.41) is 10.9. The molecule has 0 saturated heterocycles. The zero-order chi connectivity index (χ0) is 17.8. The molecule has 3 aliphatic rings. The zero-order valence-electron chi connectivity index (χ0n) is 12.9. The summed E-state index contributed by atoms with van der Waals surface area (Å²) in [7, 11) is 0. The SMILES string of the molecule is O=[N+]([O-])c1cc(OC2=CC3CC4C=CC=CC24C3)nc(C(F)(F)F)c1. The Bertz CT molecular complexity index is 844. The minimum atomic E-state index is -4.79. The minimum Gasteiger partial charge on any atom is -0.442 e. The second-order valence-electron chi connectivity index (χ2n) is 6.53. The number of halogens is 3. The van der Waals surface area contributed by atoms with E-state index in [9.17, 15) is 23.3 Å². The third-order valence-electron chi connectivity index (χ3n) is 5.01. The summed E-state index contributed by atoms with van der Waals surface area (Å²) >= 11 is 0. The van der Waals surface area contributed by atoms with Crippen molar-refractivity contribution in [3.05, 3.63) is 64.1 Å². The third kappa shape index (κ3) is 2.52. The lowest BCUT2D eigenvalue weighted by molar-refractivity contribution is -0.385. The van der Waals surface area contributed by atoms with Gasteiger partial charge < -0.3 is 4.74 Å². The van der Waals surface area contributed by atoms with Gasteiger partial charge in [-0.05, 0) is 30.8 Å². The van der Waals surface area contributed by atoms with Crippen LogP contribution in [-0.2, 0) is 6.18 Å². The van der Waals surface area contributed by atoms with Gasteiger partial charge in [0, 0.05) is 6.07 Å². The fourth-order valence-corrected chi connectivity index (χ4v) is 3.97. The third-order valence-corrected chi connectivity index (χ3v) is 5.01. The molecule has 130 valence electrons. The van der Waals surface area contributed by atoms with Crippen LogP contribution in [0, 0.1) is 27.4 Å². The summed E-state index contributed by atoms with van der Waals surface area (Å²) in [6.07, 6.45) is 6.80. The van der Waals surface area contributed by atoms with E-state index in [0.29, 0.717) is 11.8 Å². The smallest absolute Gasteiger partial charge is 0.433 e. The van der Waals surface area contributed by atoms with Gasteiger partial charge in [0.25, 0.3) is 5.69 Å². The molecular weight excluding hydrogens is 337 g/mol. The topological polar surface area (TPSA) is 65.3 Å².